The smallest absolute Gasteiger partial charge is 0.225 e. The molecule has 196 valence electrons. The van der Waals surface area contributed by atoms with Crippen LogP contribution in [0.2, 0.25) is 0 Å². The maximum Gasteiger partial charge on any atom is 0.225 e. The van der Waals surface area contributed by atoms with Crippen molar-refractivity contribution < 1.29 is 19.7 Å². The summed E-state index contributed by atoms with van der Waals surface area (Å²) in [6.07, 6.45) is 4.42. The Bertz CT molecular complexity index is 1610. The van der Waals surface area contributed by atoms with Crippen molar-refractivity contribution in [2.45, 2.75) is 38.1 Å². The molecule has 38 heavy (non-hydrogen) atoms. The van der Waals surface area contributed by atoms with Gasteiger partial charge in [0.25, 0.3) is 0 Å². The van der Waals surface area contributed by atoms with Crippen LogP contribution in [0, 0.1) is 18.7 Å². The lowest BCUT2D eigenvalue weighted by Gasteiger charge is -2.31. The zero-order valence-electron chi connectivity index (χ0n) is 20.3. The summed E-state index contributed by atoms with van der Waals surface area (Å²) in [6, 6.07) is 4.95. The average molecular weight is 537 g/mol. The van der Waals surface area contributed by atoms with Gasteiger partial charge in [0.2, 0.25) is 5.95 Å². The lowest BCUT2D eigenvalue weighted by Crippen LogP contribution is -2.48. The molecule has 4 aromatic heterocycles. The molecule has 3 atom stereocenters. The van der Waals surface area contributed by atoms with Crippen molar-refractivity contribution in [3.05, 3.63) is 53.9 Å². The Morgan fingerprint density at radius 3 is 2.89 bits per heavy atom. The van der Waals surface area contributed by atoms with E-state index in [0.717, 1.165) is 10.1 Å². The normalized spacial score (nSPS) is 21.4. The van der Waals surface area contributed by atoms with Gasteiger partial charge in [0.15, 0.2) is 5.72 Å². The molecule has 1 aromatic carbocycles. The van der Waals surface area contributed by atoms with E-state index in [1.807, 2.05) is 6.07 Å². The molecule has 5 aromatic rings. The van der Waals surface area contributed by atoms with E-state index in [4.69, 9.17) is 0 Å². The van der Waals surface area contributed by atoms with E-state index in [9.17, 15) is 19.7 Å². The van der Waals surface area contributed by atoms with Crippen molar-refractivity contribution in [1.82, 2.24) is 30.1 Å². The zero-order valence-corrected chi connectivity index (χ0v) is 21.1. The van der Waals surface area contributed by atoms with E-state index in [1.165, 1.54) is 17.4 Å². The number of rotatable bonds is 7. The maximum atomic E-state index is 14.6. The van der Waals surface area contributed by atoms with E-state index in [0.29, 0.717) is 39.3 Å². The number of anilines is 2. The van der Waals surface area contributed by atoms with Crippen LogP contribution in [0.5, 0.6) is 0 Å². The molecule has 0 saturated heterocycles. The zero-order chi connectivity index (χ0) is 26.4. The van der Waals surface area contributed by atoms with Crippen LogP contribution in [0.15, 0.2) is 36.8 Å². The maximum absolute atomic E-state index is 14.6. The van der Waals surface area contributed by atoms with Crippen LogP contribution in [-0.2, 0) is 6.54 Å². The van der Waals surface area contributed by atoms with Gasteiger partial charge in [0.05, 0.1) is 33.9 Å². The largest absolute Gasteiger partial charge is 0.396 e. The molecular formula is C25H25FN8O3S. The molecule has 0 aliphatic heterocycles. The second-order valence-electron chi connectivity index (χ2n) is 9.45. The number of aliphatic hydroxyl groups is 3. The first-order valence-corrected chi connectivity index (χ1v) is 12.9. The highest BCUT2D eigenvalue weighted by Gasteiger charge is 2.47. The van der Waals surface area contributed by atoms with E-state index in [1.54, 1.807) is 31.6 Å². The summed E-state index contributed by atoms with van der Waals surface area (Å²) >= 11 is 1.43. The average Bonchev–Trinajstić information content (AvgIpc) is 3.60. The van der Waals surface area contributed by atoms with Crippen molar-refractivity contribution in [2.75, 3.05) is 17.2 Å². The van der Waals surface area contributed by atoms with Gasteiger partial charge in [-0.25, -0.2) is 14.4 Å². The van der Waals surface area contributed by atoms with Gasteiger partial charge in [0, 0.05) is 36.2 Å². The number of thiazole rings is 1. The predicted molar refractivity (Wildman–Crippen MR) is 141 cm³/mol. The Labute approximate surface area is 219 Å². The van der Waals surface area contributed by atoms with Crippen molar-refractivity contribution in [3.63, 3.8) is 0 Å². The van der Waals surface area contributed by atoms with E-state index in [-0.39, 0.29) is 31.3 Å². The highest BCUT2D eigenvalue weighted by Crippen LogP contribution is 2.40. The Hall–Kier alpha value is -3.78. The summed E-state index contributed by atoms with van der Waals surface area (Å²) < 4.78 is 15.6. The van der Waals surface area contributed by atoms with E-state index < -0.39 is 23.6 Å². The minimum absolute atomic E-state index is 0.109. The fourth-order valence-corrected chi connectivity index (χ4v) is 5.87. The number of pyridine rings is 1. The quantitative estimate of drug-likeness (QED) is 0.170. The van der Waals surface area contributed by atoms with Gasteiger partial charge in [-0.2, -0.15) is 10.1 Å². The highest BCUT2D eigenvalue weighted by molar-refractivity contribution is 7.21. The summed E-state index contributed by atoms with van der Waals surface area (Å²) in [5, 5.41) is 45.8. The lowest BCUT2D eigenvalue weighted by atomic mass is 10.0. The van der Waals surface area contributed by atoms with Crippen LogP contribution in [-0.4, -0.2) is 63.9 Å². The number of hydrogen-bond donors (Lipinski definition) is 6. The van der Waals surface area contributed by atoms with Crippen LogP contribution in [0.3, 0.4) is 0 Å². The first-order valence-electron chi connectivity index (χ1n) is 12.1. The molecule has 1 saturated carbocycles. The number of fused-ring (bicyclic) bond motifs is 2. The number of hydrogen-bond acceptors (Lipinski definition) is 11. The Balaban J connectivity index is 1.38. The van der Waals surface area contributed by atoms with Crippen molar-refractivity contribution in [3.8, 4) is 10.6 Å². The molecule has 0 radical (unpaired) electrons. The number of aliphatic hydroxyl groups excluding tert-OH is 2. The third-order valence-corrected chi connectivity index (χ3v) is 7.99. The van der Waals surface area contributed by atoms with Crippen LogP contribution >= 0.6 is 11.3 Å². The van der Waals surface area contributed by atoms with Crippen LogP contribution in [0.25, 0.3) is 31.7 Å². The monoisotopic (exact) mass is 536 g/mol. The SMILES string of the molecule is Cc1nc(NCc2cc3cn[nH]c3cc2F)nc(NC2(O)CCC(CO)C2O)c1-c1nc2cnccc2s1. The Morgan fingerprint density at radius 2 is 2.11 bits per heavy atom. The molecule has 1 aliphatic carbocycles. The van der Waals surface area contributed by atoms with Crippen LogP contribution in [0.4, 0.5) is 16.2 Å². The molecule has 3 unspecified atom stereocenters. The number of aromatic amines is 1. The lowest BCUT2D eigenvalue weighted by molar-refractivity contribution is -0.0545. The number of H-pyrrole nitrogens is 1. The minimum atomic E-state index is -1.71. The van der Waals surface area contributed by atoms with Gasteiger partial charge >= 0.3 is 0 Å². The first-order chi connectivity index (χ1) is 18.3. The molecular weight excluding hydrogens is 511 g/mol. The summed E-state index contributed by atoms with van der Waals surface area (Å²) in [4.78, 5) is 18.0. The second-order valence-corrected chi connectivity index (χ2v) is 10.5. The molecule has 0 spiro atoms. The molecule has 1 fully saturated rings. The summed E-state index contributed by atoms with van der Waals surface area (Å²) in [5.74, 6) is -0.399. The summed E-state index contributed by atoms with van der Waals surface area (Å²) in [6.45, 7) is 1.66. The fourth-order valence-electron chi connectivity index (χ4n) is 4.84. The Kier molecular flexibility index (Phi) is 6.14. The minimum Gasteiger partial charge on any atom is -0.396 e. The molecule has 1 aliphatic rings. The molecule has 11 nitrogen and oxygen atoms in total. The summed E-state index contributed by atoms with van der Waals surface area (Å²) in [7, 11) is 0. The first kappa shape index (κ1) is 24.6. The molecule has 6 N–H and O–H groups in total. The van der Waals surface area contributed by atoms with Gasteiger partial charge in [-0.1, -0.05) is 0 Å². The highest BCUT2D eigenvalue weighted by atomic mass is 32.1. The van der Waals surface area contributed by atoms with Gasteiger partial charge < -0.3 is 26.0 Å². The number of aromatic nitrogens is 6. The molecule has 0 amide bonds. The van der Waals surface area contributed by atoms with E-state index >= 15 is 0 Å². The number of nitrogens with one attached hydrogen (secondary N) is 3. The van der Waals surface area contributed by atoms with Crippen LogP contribution < -0.4 is 10.6 Å². The predicted octanol–water partition coefficient (Wildman–Crippen LogP) is 2.95. The molecule has 13 heteroatoms. The third-order valence-electron chi connectivity index (χ3n) is 6.94. The molecule has 0 bridgehead atoms. The number of benzene rings is 1. The summed E-state index contributed by atoms with van der Waals surface area (Å²) in [5.41, 5.74) is 1.15. The van der Waals surface area contributed by atoms with Gasteiger partial charge in [-0.15, -0.1) is 11.3 Å². The van der Waals surface area contributed by atoms with Crippen molar-refractivity contribution in [1.29, 1.82) is 0 Å². The number of nitrogens with zero attached hydrogens (tertiary/aromatic N) is 5. The van der Waals surface area contributed by atoms with E-state index in [2.05, 4.69) is 40.8 Å². The number of aryl methyl sites for hydroxylation is 1. The van der Waals surface area contributed by atoms with Crippen molar-refractivity contribution >= 4 is 44.2 Å². The van der Waals surface area contributed by atoms with Gasteiger partial charge in [-0.05, 0) is 38.0 Å². The standard InChI is InChI=1S/C25H25FN8O3S/c1-12-20(23-31-18-10-27-5-3-19(18)38-23)22(33-25(37)4-2-13(11-35)21(25)36)32-24(30-12)28-8-14-6-15-9-29-34-17(15)7-16(14)26/h3,5-7,9-10,13,21,35-37H,2,4,8,11H2,1H3,(H,29,34)(H2,28,30,32,33). The second kappa shape index (κ2) is 9.51. The molecule has 4 heterocycles. The molecule has 6 rings (SSSR count). The van der Waals surface area contributed by atoms with Gasteiger partial charge in [0.1, 0.15) is 28.3 Å². The number of halogens is 1. The van der Waals surface area contributed by atoms with Crippen molar-refractivity contribution in [2.24, 2.45) is 5.92 Å². The topological polar surface area (TPSA) is 165 Å². The van der Waals surface area contributed by atoms with Gasteiger partial charge in [-0.3, -0.25) is 10.1 Å². The van der Waals surface area contributed by atoms with Crippen LogP contribution in [0.1, 0.15) is 24.1 Å². The fraction of sp³-hybridized carbons (Fsp3) is 0.320. The third kappa shape index (κ3) is 4.32. The Morgan fingerprint density at radius 1 is 1.24 bits per heavy atom.